The molecule has 168 valence electrons. The first-order valence-electron chi connectivity index (χ1n) is 11.3. The number of hydrogen-bond donors (Lipinski definition) is 3. The van der Waals surface area contributed by atoms with Crippen LogP contribution in [0.3, 0.4) is 0 Å². The molecule has 32 heavy (non-hydrogen) atoms. The lowest BCUT2D eigenvalue weighted by molar-refractivity contribution is -0.135. The van der Waals surface area contributed by atoms with Crippen LogP contribution in [0.25, 0.3) is 11.0 Å². The summed E-state index contributed by atoms with van der Waals surface area (Å²) in [6, 6.07) is 16.9. The summed E-state index contributed by atoms with van der Waals surface area (Å²) in [6.07, 6.45) is 1.72. The van der Waals surface area contributed by atoms with E-state index in [9.17, 15) is 9.59 Å². The number of likely N-dealkylation sites (tertiary alicyclic amines) is 1. The summed E-state index contributed by atoms with van der Waals surface area (Å²) in [4.78, 5) is 35.7. The van der Waals surface area contributed by atoms with Gasteiger partial charge in [0.1, 0.15) is 11.9 Å². The molecule has 2 heterocycles. The number of hydrogen-bond acceptors (Lipinski definition) is 3. The molecule has 0 radical (unpaired) electrons. The van der Waals surface area contributed by atoms with E-state index in [1.807, 2.05) is 73.3 Å². The van der Waals surface area contributed by atoms with Crippen molar-refractivity contribution in [3.63, 3.8) is 0 Å². The van der Waals surface area contributed by atoms with Gasteiger partial charge in [-0.05, 0) is 36.5 Å². The Balaban J connectivity index is 1.32. The first-order valence-corrected chi connectivity index (χ1v) is 11.3. The molecule has 7 nitrogen and oxygen atoms in total. The number of fused-ring (bicyclic) bond motifs is 1. The quantitative estimate of drug-likeness (QED) is 0.552. The number of carbonyl (C=O) groups is 2. The van der Waals surface area contributed by atoms with Crippen LogP contribution in [0.2, 0.25) is 0 Å². The summed E-state index contributed by atoms with van der Waals surface area (Å²) < 4.78 is 0. The zero-order chi connectivity index (χ0) is 22.5. The number of piperidine rings is 1. The van der Waals surface area contributed by atoms with E-state index in [1.165, 1.54) is 0 Å². The van der Waals surface area contributed by atoms with E-state index >= 15 is 0 Å². The van der Waals surface area contributed by atoms with E-state index in [1.54, 1.807) is 0 Å². The zero-order valence-electron chi connectivity index (χ0n) is 18.7. The van der Waals surface area contributed by atoms with Gasteiger partial charge in [0.2, 0.25) is 5.91 Å². The molecule has 0 saturated carbocycles. The fourth-order valence-corrected chi connectivity index (χ4v) is 4.22. The van der Waals surface area contributed by atoms with Crippen LogP contribution in [-0.4, -0.2) is 45.9 Å². The molecule has 7 heteroatoms. The Labute approximate surface area is 188 Å². The summed E-state index contributed by atoms with van der Waals surface area (Å²) in [5.74, 6) is 1.29. The molecule has 1 aromatic heterocycles. The first kappa shape index (κ1) is 21.9. The minimum Gasteiger partial charge on any atom is -0.342 e. The van der Waals surface area contributed by atoms with Crippen molar-refractivity contribution in [2.75, 3.05) is 13.1 Å². The minimum absolute atomic E-state index is 0.00179. The number of para-hydroxylation sites is 2. The first-order chi connectivity index (χ1) is 15.5. The average molecular weight is 434 g/mol. The number of amides is 3. The number of nitrogens with zero attached hydrogens (tertiary/aromatic N) is 2. The molecule has 0 spiro atoms. The Hall–Kier alpha value is -3.35. The van der Waals surface area contributed by atoms with Crippen LogP contribution >= 0.6 is 0 Å². The number of aromatic nitrogens is 2. The second kappa shape index (κ2) is 9.85. The highest BCUT2D eigenvalue weighted by Gasteiger charge is 2.32. The van der Waals surface area contributed by atoms with Crippen molar-refractivity contribution in [3.05, 3.63) is 66.0 Å². The Morgan fingerprint density at radius 1 is 1.06 bits per heavy atom. The number of benzene rings is 2. The SMILES string of the molecule is CC(C)[C@@H](NC(=O)NCc1ccccc1)C(=O)N1CCC(c2nc3ccccc3[nH]2)CC1. The van der Waals surface area contributed by atoms with Crippen molar-refractivity contribution in [1.29, 1.82) is 0 Å². The molecule has 0 aliphatic carbocycles. The second-order valence-electron chi connectivity index (χ2n) is 8.77. The van der Waals surface area contributed by atoms with Gasteiger partial charge in [0, 0.05) is 25.6 Å². The van der Waals surface area contributed by atoms with E-state index in [0.717, 1.165) is 35.3 Å². The third-order valence-electron chi connectivity index (χ3n) is 6.12. The number of carbonyl (C=O) groups excluding carboxylic acids is 2. The van der Waals surface area contributed by atoms with Gasteiger partial charge in [0.25, 0.3) is 0 Å². The van der Waals surface area contributed by atoms with Crippen molar-refractivity contribution in [1.82, 2.24) is 25.5 Å². The predicted octanol–water partition coefficient (Wildman–Crippen LogP) is 3.79. The number of rotatable bonds is 6. The molecule has 1 aliphatic heterocycles. The maximum Gasteiger partial charge on any atom is 0.315 e. The number of urea groups is 1. The van der Waals surface area contributed by atoms with E-state index in [0.29, 0.717) is 25.6 Å². The molecule has 1 aliphatic rings. The zero-order valence-corrected chi connectivity index (χ0v) is 18.7. The van der Waals surface area contributed by atoms with Crippen molar-refractivity contribution < 1.29 is 9.59 Å². The maximum absolute atomic E-state index is 13.2. The molecule has 1 atom stereocenters. The van der Waals surface area contributed by atoms with Gasteiger partial charge in [0.15, 0.2) is 0 Å². The highest BCUT2D eigenvalue weighted by molar-refractivity contribution is 5.87. The lowest BCUT2D eigenvalue weighted by Gasteiger charge is -2.35. The molecule has 2 aromatic carbocycles. The van der Waals surface area contributed by atoms with Gasteiger partial charge in [-0.25, -0.2) is 9.78 Å². The molecule has 1 fully saturated rings. The molecule has 4 rings (SSSR count). The van der Waals surface area contributed by atoms with Crippen LogP contribution in [-0.2, 0) is 11.3 Å². The highest BCUT2D eigenvalue weighted by Crippen LogP contribution is 2.28. The van der Waals surface area contributed by atoms with Gasteiger partial charge >= 0.3 is 6.03 Å². The molecule has 1 saturated heterocycles. The fourth-order valence-electron chi connectivity index (χ4n) is 4.22. The van der Waals surface area contributed by atoms with Crippen LogP contribution < -0.4 is 10.6 Å². The fraction of sp³-hybridized carbons (Fsp3) is 0.400. The summed E-state index contributed by atoms with van der Waals surface area (Å²) in [5.41, 5.74) is 3.04. The number of imidazole rings is 1. The topological polar surface area (TPSA) is 90.1 Å². The summed E-state index contributed by atoms with van der Waals surface area (Å²) >= 11 is 0. The Kier molecular flexibility index (Phi) is 6.73. The summed E-state index contributed by atoms with van der Waals surface area (Å²) in [6.45, 7) is 5.67. The highest BCUT2D eigenvalue weighted by atomic mass is 16.2. The molecular weight excluding hydrogens is 402 g/mol. The van der Waals surface area contributed by atoms with Crippen LogP contribution in [0.4, 0.5) is 4.79 Å². The van der Waals surface area contributed by atoms with Crippen molar-refractivity contribution in [2.24, 2.45) is 5.92 Å². The number of H-pyrrole nitrogens is 1. The van der Waals surface area contributed by atoms with Crippen LogP contribution in [0, 0.1) is 5.92 Å². The number of aromatic amines is 1. The van der Waals surface area contributed by atoms with Gasteiger partial charge in [-0.3, -0.25) is 4.79 Å². The normalized spacial score (nSPS) is 15.7. The molecule has 3 aromatic rings. The standard InChI is InChI=1S/C25H31N5O2/c1-17(2)22(29-25(32)26-16-18-8-4-3-5-9-18)24(31)30-14-12-19(13-15-30)23-27-20-10-6-7-11-21(20)28-23/h3-11,17,19,22H,12-16H2,1-2H3,(H,27,28)(H2,26,29,32)/t22-/m1/s1. The van der Waals surface area contributed by atoms with Crippen molar-refractivity contribution in [3.8, 4) is 0 Å². The molecule has 0 bridgehead atoms. The largest absolute Gasteiger partial charge is 0.342 e. The lowest BCUT2D eigenvalue weighted by atomic mass is 9.94. The summed E-state index contributed by atoms with van der Waals surface area (Å²) in [7, 11) is 0. The third-order valence-corrected chi connectivity index (χ3v) is 6.12. The molecule has 0 unspecified atom stereocenters. The monoisotopic (exact) mass is 433 g/mol. The van der Waals surface area contributed by atoms with Gasteiger partial charge in [-0.15, -0.1) is 0 Å². The lowest BCUT2D eigenvalue weighted by Crippen LogP contribution is -2.54. The van der Waals surface area contributed by atoms with Gasteiger partial charge in [-0.2, -0.15) is 0 Å². The van der Waals surface area contributed by atoms with E-state index < -0.39 is 6.04 Å². The third kappa shape index (κ3) is 5.10. The van der Waals surface area contributed by atoms with Crippen LogP contribution in [0.15, 0.2) is 54.6 Å². The Morgan fingerprint density at radius 3 is 2.44 bits per heavy atom. The van der Waals surface area contributed by atoms with Gasteiger partial charge < -0.3 is 20.5 Å². The Morgan fingerprint density at radius 2 is 1.75 bits per heavy atom. The summed E-state index contributed by atoms with van der Waals surface area (Å²) in [5, 5.41) is 5.73. The van der Waals surface area contributed by atoms with Gasteiger partial charge in [0.05, 0.1) is 11.0 Å². The van der Waals surface area contributed by atoms with Crippen LogP contribution in [0.5, 0.6) is 0 Å². The molecule has 3 amide bonds. The predicted molar refractivity (Wildman–Crippen MR) is 125 cm³/mol. The maximum atomic E-state index is 13.2. The van der Waals surface area contributed by atoms with E-state index in [2.05, 4.69) is 15.6 Å². The Bertz CT molecular complexity index is 1020. The molecule has 3 N–H and O–H groups in total. The van der Waals surface area contributed by atoms with Gasteiger partial charge in [-0.1, -0.05) is 56.3 Å². The minimum atomic E-state index is -0.548. The van der Waals surface area contributed by atoms with E-state index in [-0.39, 0.29) is 17.9 Å². The average Bonchev–Trinajstić information content (AvgIpc) is 3.26. The van der Waals surface area contributed by atoms with Crippen LogP contribution in [0.1, 0.15) is 44.0 Å². The molecular formula is C25H31N5O2. The smallest absolute Gasteiger partial charge is 0.315 e. The van der Waals surface area contributed by atoms with Crippen molar-refractivity contribution in [2.45, 2.75) is 45.2 Å². The second-order valence-corrected chi connectivity index (χ2v) is 8.77. The van der Waals surface area contributed by atoms with Crippen molar-refractivity contribution >= 4 is 23.0 Å². The number of nitrogens with one attached hydrogen (secondary N) is 3. The van der Waals surface area contributed by atoms with E-state index in [4.69, 9.17) is 4.98 Å².